The highest BCUT2D eigenvalue weighted by molar-refractivity contribution is 6.31. The van der Waals surface area contributed by atoms with Gasteiger partial charge in [0, 0.05) is 22.0 Å². The van der Waals surface area contributed by atoms with Gasteiger partial charge in [0.25, 0.3) is 5.91 Å². The number of carbonyl (C=O) groups is 2. The van der Waals surface area contributed by atoms with Gasteiger partial charge in [-0.05, 0) is 37.6 Å². The van der Waals surface area contributed by atoms with Crippen molar-refractivity contribution >= 4 is 29.2 Å². The largest absolute Gasteiger partial charge is 0.496 e. The molecule has 1 aliphatic rings. The van der Waals surface area contributed by atoms with Crippen LogP contribution in [0.3, 0.4) is 0 Å². The Morgan fingerprint density at radius 3 is 2.63 bits per heavy atom. The van der Waals surface area contributed by atoms with Crippen LogP contribution < -0.4 is 20.7 Å². The zero-order chi connectivity index (χ0) is 19.6. The van der Waals surface area contributed by atoms with Crippen LogP contribution in [0.25, 0.3) is 0 Å². The van der Waals surface area contributed by atoms with Crippen molar-refractivity contribution in [2.75, 3.05) is 12.4 Å². The number of amides is 3. The third kappa shape index (κ3) is 3.90. The second-order valence-electron chi connectivity index (χ2n) is 6.23. The van der Waals surface area contributed by atoms with Crippen molar-refractivity contribution in [1.29, 1.82) is 0 Å². The van der Waals surface area contributed by atoms with Gasteiger partial charge in [0.05, 0.1) is 18.7 Å². The molecule has 2 aromatic rings. The minimum atomic E-state index is -0.643. The Morgan fingerprint density at radius 1 is 1.19 bits per heavy atom. The van der Waals surface area contributed by atoms with Gasteiger partial charge >= 0.3 is 6.03 Å². The van der Waals surface area contributed by atoms with E-state index in [1.165, 1.54) is 0 Å². The highest BCUT2D eigenvalue weighted by Crippen LogP contribution is 2.33. The van der Waals surface area contributed by atoms with Crippen molar-refractivity contribution in [3.63, 3.8) is 0 Å². The topological polar surface area (TPSA) is 79.5 Å². The summed E-state index contributed by atoms with van der Waals surface area (Å²) in [6.07, 6.45) is 0. The highest BCUT2D eigenvalue weighted by atomic mass is 35.5. The summed E-state index contributed by atoms with van der Waals surface area (Å²) >= 11 is 6.15. The van der Waals surface area contributed by atoms with Crippen LogP contribution in [0.5, 0.6) is 5.75 Å². The average molecular weight is 386 g/mol. The molecule has 0 saturated heterocycles. The van der Waals surface area contributed by atoms with Gasteiger partial charge in [0.1, 0.15) is 5.75 Å². The molecule has 3 rings (SSSR count). The van der Waals surface area contributed by atoms with E-state index < -0.39 is 6.04 Å². The number of carbonyl (C=O) groups excluding carboxylic acids is 2. The Balaban J connectivity index is 1.98. The lowest BCUT2D eigenvalue weighted by molar-refractivity contribution is -0.113. The second-order valence-corrected chi connectivity index (χ2v) is 6.64. The Labute approximate surface area is 162 Å². The fraction of sp³-hybridized carbons (Fsp3) is 0.200. The van der Waals surface area contributed by atoms with E-state index in [0.29, 0.717) is 33.3 Å². The normalized spacial score (nSPS) is 16.4. The quantitative estimate of drug-likeness (QED) is 0.746. The van der Waals surface area contributed by atoms with Crippen LogP contribution in [0.15, 0.2) is 53.7 Å². The molecule has 0 aromatic heterocycles. The third-order valence-corrected chi connectivity index (χ3v) is 4.80. The molecule has 0 bridgehead atoms. The first kappa shape index (κ1) is 18.8. The van der Waals surface area contributed by atoms with Crippen molar-refractivity contribution in [1.82, 2.24) is 10.6 Å². The van der Waals surface area contributed by atoms with Gasteiger partial charge < -0.3 is 20.7 Å². The van der Waals surface area contributed by atoms with Crippen molar-refractivity contribution in [2.24, 2.45) is 0 Å². The number of methoxy groups -OCH3 is 1. The number of benzene rings is 2. The Morgan fingerprint density at radius 2 is 1.93 bits per heavy atom. The molecular formula is C20H20ClN3O3. The number of anilines is 1. The molecule has 1 atom stereocenters. The highest BCUT2D eigenvalue weighted by Gasteiger charge is 2.32. The molecule has 27 heavy (non-hydrogen) atoms. The number of halogens is 1. The molecule has 0 aliphatic carbocycles. The fourth-order valence-electron chi connectivity index (χ4n) is 3.00. The molecule has 0 unspecified atom stereocenters. The number of hydrogen-bond donors (Lipinski definition) is 3. The maximum absolute atomic E-state index is 13.0. The van der Waals surface area contributed by atoms with Gasteiger partial charge in [-0.1, -0.05) is 35.9 Å². The predicted molar refractivity (Wildman–Crippen MR) is 105 cm³/mol. The van der Waals surface area contributed by atoms with E-state index in [1.807, 2.05) is 31.2 Å². The van der Waals surface area contributed by atoms with E-state index in [-0.39, 0.29) is 11.9 Å². The van der Waals surface area contributed by atoms with E-state index in [2.05, 4.69) is 16.0 Å². The Hall–Kier alpha value is -2.99. The first-order chi connectivity index (χ1) is 12.9. The van der Waals surface area contributed by atoms with Crippen LogP contribution in [0.4, 0.5) is 10.5 Å². The summed E-state index contributed by atoms with van der Waals surface area (Å²) in [6.45, 7) is 3.58. The smallest absolute Gasteiger partial charge is 0.319 e. The van der Waals surface area contributed by atoms with Crippen LogP contribution in [0.1, 0.15) is 24.1 Å². The number of rotatable bonds is 4. The molecule has 1 heterocycles. The van der Waals surface area contributed by atoms with Crippen LogP contribution in [0, 0.1) is 6.92 Å². The number of hydrogen-bond acceptors (Lipinski definition) is 3. The number of allylic oxidation sites excluding steroid dienone is 1. The number of para-hydroxylation sites is 1. The predicted octanol–water partition coefficient (Wildman–Crippen LogP) is 3.92. The van der Waals surface area contributed by atoms with E-state index >= 15 is 0 Å². The minimum Gasteiger partial charge on any atom is -0.496 e. The molecule has 2 aromatic carbocycles. The molecule has 140 valence electrons. The van der Waals surface area contributed by atoms with E-state index in [1.54, 1.807) is 32.2 Å². The van der Waals surface area contributed by atoms with Gasteiger partial charge in [-0.25, -0.2) is 4.79 Å². The fourth-order valence-corrected chi connectivity index (χ4v) is 3.18. The van der Waals surface area contributed by atoms with Gasteiger partial charge in [-0.15, -0.1) is 0 Å². The van der Waals surface area contributed by atoms with Crippen LogP contribution in [-0.4, -0.2) is 19.0 Å². The van der Waals surface area contributed by atoms with Crippen molar-refractivity contribution in [3.8, 4) is 5.75 Å². The molecule has 6 nitrogen and oxygen atoms in total. The monoisotopic (exact) mass is 385 g/mol. The van der Waals surface area contributed by atoms with Crippen molar-refractivity contribution < 1.29 is 14.3 Å². The van der Waals surface area contributed by atoms with Gasteiger partial charge in [-0.3, -0.25) is 4.79 Å². The number of aryl methyl sites for hydroxylation is 1. The molecule has 1 aliphatic heterocycles. The van der Waals surface area contributed by atoms with Crippen LogP contribution in [0.2, 0.25) is 5.02 Å². The maximum Gasteiger partial charge on any atom is 0.319 e. The molecule has 0 spiro atoms. The van der Waals surface area contributed by atoms with Crippen molar-refractivity contribution in [2.45, 2.75) is 19.9 Å². The van der Waals surface area contributed by atoms with Gasteiger partial charge in [0.15, 0.2) is 0 Å². The number of urea groups is 1. The minimum absolute atomic E-state index is 0.337. The Kier molecular flexibility index (Phi) is 5.37. The molecular weight excluding hydrogens is 366 g/mol. The lowest BCUT2D eigenvalue weighted by Gasteiger charge is -2.29. The summed E-state index contributed by atoms with van der Waals surface area (Å²) in [6, 6.07) is 11.5. The molecule has 7 heteroatoms. The maximum atomic E-state index is 13.0. The van der Waals surface area contributed by atoms with Gasteiger partial charge in [0.2, 0.25) is 0 Å². The van der Waals surface area contributed by atoms with Gasteiger partial charge in [-0.2, -0.15) is 0 Å². The van der Waals surface area contributed by atoms with Crippen LogP contribution >= 0.6 is 11.6 Å². The summed E-state index contributed by atoms with van der Waals surface area (Å²) in [5.74, 6) is 0.247. The zero-order valence-corrected chi connectivity index (χ0v) is 16.0. The SMILES string of the molecule is COc1ccccc1[C@H]1NC(=O)NC(C)=C1C(=O)Nc1ccc(C)c(Cl)c1. The molecule has 3 N–H and O–H groups in total. The molecule has 0 radical (unpaired) electrons. The van der Waals surface area contributed by atoms with E-state index in [0.717, 1.165) is 5.56 Å². The van der Waals surface area contributed by atoms with Crippen LogP contribution in [-0.2, 0) is 4.79 Å². The van der Waals surface area contributed by atoms with Crippen molar-refractivity contribution in [3.05, 3.63) is 69.9 Å². The summed E-state index contributed by atoms with van der Waals surface area (Å²) < 4.78 is 5.40. The number of nitrogens with one attached hydrogen (secondary N) is 3. The van der Waals surface area contributed by atoms with E-state index in [9.17, 15) is 9.59 Å². The molecule has 0 fully saturated rings. The standard InChI is InChI=1S/C20H20ClN3O3/c1-11-8-9-13(10-15(11)21)23-19(25)17-12(2)22-20(26)24-18(17)14-6-4-5-7-16(14)27-3/h4-10,18H,1-3H3,(H,23,25)(H2,22,24,26)/t18-/m1/s1. The third-order valence-electron chi connectivity index (χ3n) is 4.39. The first-order valence-electron chi connectivity index (χ1n) is 8.39. The average Bonchev–Trinajstić information content (AvgIpc) is 2.64. The second kappa shape index (κ2) is 7.72. The lowest BCUT2D eigenvalue weighted by atomic mass is 9.94. The molecule has 3 amide bonds. The summed E-state index contributed by atoms with van der Waals surface area (Å²) in [5, 5.41) is 8.87. The lowest BCUT2D eigenvalue weighted by Crippen LogP contribution is -2.46. The number of ether oxygens (including phenoxy) is 1. The first-order valence-corrected chi connectivity index (χ1v) is 8.77. The summed E-state index contributed by atoms with van der Waals surface area (Å²) in [5.41, 5.74) is 3.07. The summed E-state index contributed by atoms with van der Waals surface area (Å²) in [7, 11) is 1.55. The Bertz CT molecular complexity index is 940. The summed E-state index contributed by atoms with van der Waals surface area (Å²) in [4.78, 5) is 25.0. The molecule has 0 saturated carbocycles. The zero-order valence-electron chi connectivity index (χ0n) is 15.2. The van der Waals surface area contributed by atoms with E-state index in [4.69, 9.17) is 16.3 Å².